The van der Waals surface area contributed by atoms with E-state index in [2.05, 4.69) is 15.3 Å². The van der Waals surface area contributed by atoms with Crippen molar-refractivity contribution in [2.24, 2.45) is 5.92 Å². The Hall–Kier alpha value is -2.73. The van der Waals surface area contributed by atoms with E-state index in [1.807, 2.05) is 18.2 Å². The third kappa shape index (κ3) is 3.92. The summed E-state index contributed by atoms with van der Waals surface area (Å²) in [6.07, 6.45) is 4.79. The first-order valence-electron chi connectivity index (χ1n) is 12.3. The number of rotatable bonds is 4. The quantitative estimate of drug-likeness (QED) is 0.728. The highest BCUT2D eigenvalue weighted by molar-refractivity contribution is 5.94. The molecule has 2 aromatic heterocycles. The van der Waals surface area contributed by atoms with Crippen molar-refractivity contribution in [2.75, 3.05) is 19.3 Å². The zero-order valence-corrected chi connectivity index (χ0v) is 15.6. The molecule has 0 spiro atoms. The van der Waals surface area contributed by atoms with E-state index < -0.39 is 20.0 Å². The van der Waals surface area contributed by atoms with Crippen LogP contribution in [0.15, 0.2) is 41.1 Å². The van der Waals surface area contributed by atoms with Crippen LogP contribution in [0.1, 0.15) is 39.8 Å². The zero-order chi connectivity index (χ0) is 24.7. The number of amides is 1. The van der Waals surface area contributed by atoms with Crippen LogP contribution in [0.5, 0.6) is 0 Å². The van der Waals surface area contributed by atoms with Gasteiger partial charge in [0, 0.05) is 44.3 Å². The first kappa shape index (κ1) is 12.7. The molecule has 6 heteroatoms. The summed E-state index contributed by atoms with van der Waals surface area (Å²) < 4.78 is 51.2. The summed E-state index contributed by atoms with van der Waals surface area (Å²) in [7, 11) is 0. The summed E-state index contributed by atoms with van der Waals surface area (Å²) >= 11 is 0. The average molecular weight is 385 g/mol. The highest BCUT2D eigenvalue weighted by Crippen LogP contribution is 2.29. The van der Waals surface area contributed by atoms with Crippen LogP contribution in [0.2, 0.25) is 0 Å². The van der Waals surface area contributed by atoms with Gasteiger partial charge in [-0.25, -0.2) is 9.97 Å². The Morgan fingerprint density at radius 2 is 1.96 bits per heavy atom. The Kier molecular flexibility index (Phi) is 3.49. The highest BCUT2D eigenvalue weighted by Gasteiger charge is 2.27. The van der Waals surface area contributed by atoms with E-state index in [-0.39, 0.29) is 11.8 Å². The predicted molar refractivity (Wildman–Crippen MR) is 110 cm³/mol. The number of anilines is 1. The molecule has 6 nitrogen and oxygen atoms in total. The molecule has 1 aliphatic carbocycles. The summed E-state index contributed by atoms with van der Waals surface area (Å²) in [6, 6.07) is 6.94. The number of aromatic nitrogens is 2. The Morgan fingerprint density at radius 3 is 2.68 bits per heavy atom. The third-order valence-electron chi connectivity index (χ3n) is 5.31. The van der Waals surface area contributed by atoms with E-state index in [4.69, 9.17) is 12.6 Å². The van der Waals surface area contributed by atoms with Crippen molar-refractivity contribution < 1.29 is 17.4 Å². The number of oxazole rings is 1. The molecule has 1 aromatic carbocycles. The van der Waals surface area contributed by atoms with Crippen LogP contribution in [-0.2, 0) is 4.79 Å². The molecular formula is C22H26N4O2. The van der Waals surface area contributed by atoms with Gasteiger partial charge in [-0.15, -0.1) is 0 Å². The minimum absolute atomic E-state index is 0.207. The first-order valence-corrected chi connectivity index (χ1v) is 9.35. The average Bonchev–Trinajstić information content (AvgIpc) is 3.18. The Bertz CT molecular complexity index is 1170. The Labute approximate surface area is 173 Å². The topological polar surface area (TPSA) is 71.3 Å². The van der Waals surface area contributed by atoms with Crippen molar-refractivity contribution in [1.29, 1.82) is 0 Å². The number of hydrogen-bond donors (Lipinski definition) is 1. The lowest BCUT2D eigenvalue weighted by molar-refractivity contribution is -0.121. The van der Waals surface area contributed by atoms with Gasteiger partial charge in [-0.2, -0.15) is 0 Å². The molecule has 0 unspecified atom stereocenters. The molecule has 0 aliphatic heterocycles. The van der Waals surface area contributed by atoms with Crippen molar-refractivity contribution in [3.05, 3.63) is 42.5 Å². The van der Waals surface area contributed by atoms with E-state index in [0.717, 1.165) is 16.3 Å². The number of pyridine rings is 1. The lowest BCUT2D eigenvalue weighted by Crippen LogP contribution is -2.35. The van der Waals surface area contributed by atoms with Crippen LogP contribution in [-0.4, -0.2) is 40.8 Å². The minimum Gasteiger partial charge on any atom is -0.441 e. The normalized spacial score (nSPS) is 23.9. The smallest absolute Gasteiger partial charge is 0.228 e. The van der Waals surface area contributed by atoms with E-state index in [1.165, 1.54) is 0 Å². The summed E-state index contributed by atoms with van der Waals surface area (Å²) in [5.41, 5.74) is 0.864. The fourth-order valence-corrected chi connectivity index (χ4v) is 3.68. The molecule has 1 fully saturated rings. The number of carbonyl (C=O) groups is 1. The zero-order valence-electron chi connectivity index (χ0n) is 21.6. The second-order valence-electron chi connectivity index (χ2n) is 7.24. The standard InChI is InChI=1S/C22H26N4O2/c1-14-23-13-20(28-14)16-4-5-17-12-24-21(11-18(17)10-16)25-22(27)15-6-8-19(9-7-15)26(2)3/h4-5,10-13,15,19H,6-9H2,1-3H3,(H,24,25,27)/i2D3,3D3. The van der Waals surface area contributed by atoms with Crippen molar-refractivity contribution in [2.45, 2.75) is 38.6 Å². The number of hydrogen-bond acceptors (Lipinski definition) is 5. The second-order valence-corrected chi connectivity index (χ2v) is 7.24. The molecule has 4 rings (SSSR count). The van der Waals surface area contributed by atoms with E-state index in [1.54, 1.807) is 25.4 Å². The van der Waals surface area contributed by atoms with Gasteiger partial charge in [0.25, 0.3) is 0 Å². The number of carbonyl (C=O) groups excluding carboxylic acids is 1. The molecule has 2 heterocycles. The van der Waals surface area contributed by atoms with E-state index in [0.29, 0.717) is 48.1 Å². The number of nitrogens with zero attached hydrogens (tertiary/aromatic N) is 3. The molecule has 0 atom stereocenters. The predicted octanol–water partition coefficient (Wildman–Crippen LogP) is 4.26. The minimum atomic E-state index is -2.72. The van der Waals surface area contributed by atoms with Gasteiger partial charge >= 0.3 is 0 Å². The molecular weight excluding hydrogens is 352 g/mol. The molecule has 3 aromatic rings. The maximum absolute atomic E-state index is 12.9. The molecule has 1 amide bonds. The maximum atomic E-state index is 12.9. The number of nitrogens with one attached hydrogen (secondary N) is 1. The van der Waals surface area contributed by atoms with Gasteiger partial charge < -0.3 is 14.6 Å². The molecule has 1 aliphatic rings. The first-order chi connectivity index (χ1) is 15.9. The third-order valence-corrected chi connectivity index (χ3v) is 5.31. The van der Waals surface area contributed by atoms with Gasteiger partial charge in [0.05, 0.1) is 6.20 Å². The largest absolute Gasteiger partial charge is 0.441 e. The van der Waals surface area contributed by atoms with Crippen molar-refractivity contribution >= 4 is 22.5 Å². The molecule has 1 N–H and O–H groups in total. The van der Waals surface area contributed by atoms with E-state index >= 15 is 0 Å². The Morgan fingerprint density at radius 1 is 1.14 bits per heavy atom. The summed E-state index contributed by atoms with van der Waals surface area (Å²) in [5, 5.41) is 4.64. The Balaban J connectivity index is 1.43. The van der Waals surface area contributed by atoms with Gasteiger partial charge in [-0.3, -0.25) is 4.79 Å². The van der Waals surface area contributed by atoms with Gasteiger partial charge in [-0.05, 0) is 57.2 Å². The summed E-state index contributed by atoms with van der Waals surface area (Å²) in [5.74, 6) is 1.10. The molecule has 1 saturated carbocycles. The van der Waals surface area contributed by atoms with Crippen molar-refractivity contribution in [3.63, 3.8) is 0 Å². The van der Waals surface area contributed by atoms with Crippen LogP contribution < -0.4 is 5.32 Å². The molecule has 28 heavy (non-hydrogen) atoms. The lowest BCUT2D eigenvalue weighted by atomic mass is 9.85. The molecule has 0 bridgehead atoms. The number of aryl methyl sites for hydroxylation is 1. The molecule has 0 saturated heterocycles. The summed E-state index contributed by atoms with van der Waals surface area (Å²) in [6.45, 7) is -3.66. The molecule has 146 valence electrons. The van der Waals surface area contributed by atoms with Gasteiger partial charge in [0.15, 0.2) is 11.7 Å². The van der Waals surface area contributed by atoms with E-state index in [9.17, 15) is 4.79 Å². The van der Waals surface area contributed by atoms with Crippen molar-refractivity contribution in [1.82, 2.24) is 14.9 Å². The van der Waals surface area contributed by atoms with Crippen LogP contribution in [0, 0.1) is 12.8 Å². The van der Waals surface area contributed by atoms with Crippen LogP contribution >= 0.6 is 0 Å². The van der Waals surface area contributed by atoms with Crippen LogP contribution in [0.25, 0.3) is 22.1 Å². The lowest BCUT2D eigenvalue weighted by Gasteiger charge is -2.31. The van der Waals surface area contributed by atoms with Gasteiger partial charge in [0.2, 0.25) is 5.91 Å². The molecule has 0 radical (unpaired) electrons. The number of fused-ring (bicyclic) bond motifs is 1. The summed E-state index contributed by atoms with van der Waals surface area (Å²) in [4.78, 5) is 21.9. The van der Waals surface area contributed by atoms with Gasteiger partial charge in [-0.1, -0.05) is 12.1 Å². The fraction of sp³-hybridized carbons (Fsp3) is 0.409. The second kappa shape index (κ2) is 7.72. The maximum Gasteiger partial charge on any atom is 0.228 e. The fourth-order valence-electron chi connectivity index (χ4n) is 3.68. The highest BCUT2D eigenvalue weighted by atomic mass is 16.4. The van der Waals surface area contributed by atoms with Crippen molar-refractivity contribution in [3.8, 4) is 11.3 Å². The number of benzene rings is 1. The SMILES string of the molecule is [2H]C([2H])([2H])N(C1CCC(C(=O)Nc2cc3cc(-c4cnc(C)o4)ccc3cn2)CC1)C([2H])([2H])[2H]. The van der Waals surface area contributed by atoms with Crippen LogP contribution in [0.4, 0.5) is 5.82 Å². The van der Waals surface area contributed by atoms with Gasteiger partial charge in [0.1, 0.15) is 5.82 Å². The monoisotopic (exact) mass is 384 g/mol. The van der Waals surface area contributed by atoms with Crippen LogP contribution in [0.3, 0.4) is 0 Å².